The first-order valence-corrected chi connectivity index (χ1v) is 9.95. The van der Waals surface area contributed by atoms with E-state index in [0.29, 0.717) is 49.3 Å². The third-order valence-corrected chi connectivity index (χ3v) is 5.42. The van der Waals surface area contributed by atoms with Crippen molar-refractivity contribution in [2.45, 2.75) is 12.6 Å². The average molecular weight is 415 g/mol. The third-order valence-electron chi connectivity index (χ3n) is 5.02. The van der Waals surface area contributed by atoms with Gasteiger partial charge in [-0.15, -0.1) is 0 Å². The highest BCUT2D eigenvalue weighted by Crippen LogP contribution is 2.31. The number of hydrogen-bond donors (Lipinski definition) is 1. The Kier molecular flexibility index (Phi) is 5.80. The molecule has 2 aromatic rings. The molecular formula is C21H22FN3O3S. The molecule has 0 unspecified atom stereocenters. The number of nitrogens with one attached hydrogen (secondary N) is 1. The van der Waals surface area contributed by atoms with E-state index in [1.54, 1.807) is 23.1 Å². The van der Waals surface area contributed by atoms with Gasteiger partial charge in [0, 0.05) is 32.7 Å². The van der Waals surface area contributed by atoms with Crippen LogP contribution in [0.2, 0.25) is 0 Å². The molecule has 2 aromatic carbocycles. The number of halogens is 1. The summed E-state index contributed by atoms with van der Waals surface area (Å²) in [6.07, 6.45) is -0.625. The van der Waals surface area contributed by atoms with Crippen LogP contribution in [0.25, 0.3) is 0 Å². The number of amides is 1. The molecule has 29 heavy (non-hydrogen) atoms. The molecule has 0 spiro atoms. The number of para-hydroxylation sites is 2. The Morgan fingerprint density at radius 2 is 1.69 bits per heavy atom. The van der Waals surface area contributed by atoms with Gasteiger partial charge in [0.25, 0.3) is 5.91 Å². The maximum absolute atomic E-state index is 13.0. The summed E-state index contributed by atoms with van der Waals surface area (Å²) in [5.74, 6) is 0.943. The zero-order chi connectivity index (χ0) is 20.2. The van der Waals surface area contributed by atoms with Crippen LogP contribution in [-0.4, -0.2) is 59.7 Å². The van der Waals surface area contributed by atoms with E-state index in [1.807, 2.05) is 23.1 Å². The van der Waals surface area contributed by atoms with Crippen molar-refractivity contribution in [3.05, 3.63) is 59.9 Å². The number of nitrogens with zero attached hydrogens (tertiary/aromatic N) is 2. The van der Waals surface area contributed by atoms with Gasteiger partial charge in [0.2, 0.25) is 6.10 Å². The quantitative estimate of drug-likeness (QED) is 0.776. The minimum absolute atomic E-state index is 0.0654. The van der Waals surface area contributed by atoms with Crippen LogP contribution in [0.5, 0.6) is 11.5 Å². The number of thiocarbonyl (C=S) groups is 1. The number of fused-ring (bicyclic) bond motifs is 1. The van der Waals surface area contributed by atoms with Crippen LogP contribution >= 0.6 is 12.2 Å². The number of benzene rings is 2. The third kappa shape index (κ3) is 4.59. The highest BCUT2D eigenvalue weighted by Gasteiger charge is 2.32. The molecule has 2 aliphatic heterocycles. The van der Waals surface area contributed by atoms with E-state index < -0.39 is 6.10 Å². The molecule has 1 saturated heterocycles. The lowest BCUT2D eigenvalue weighted by molar-refractivity contribution is -0.142. The van der Waals surface area contributed by atoms with Crippen molar-refractivity contribution in [2.24, 2.45) is 0 Å². The predicted molar refractivity (Wildman–Crippen MR) is 110 cm³/mol. The lowest BCUT2D eigenvalue weighted by atomic mass is 10.2. The Morgan fingerprint density at radius 3 is 2.41 bits per heavy atom. The first kappa shape index (κ1) is 19.4. The number of carbonyl (C=O) groups excluding carboxylic acids is 1. The van der Waals surface area contributed by atoms with Gasteiger partial charge in [0.05, 0.1) is 0 Å². The smallest absolute Gasteiger partial charge is 0.267 e. The van der Waals surface area contributed by atoms with Gasteiger partial charge in [0.15, 0.2) is 16.6 Å². The normalized spacial score (nSPS) is 18.3. The summed E-state index contributed by atoms with van der Waals surface area (Å²) in [4.78, 5) is 16.6. The molecular weight excluding hydrogens is 393 g/mol. The van der Waals surface area contributed by atoms with Gasteiger partial charge in [-0.25, -0.2) is 4.39 Å². The molecule has 1 fully saturated rings. The Hall–Kier alpha value is -2.87. The van der Waals surface area contributed by atoms with Crippen molar-refractivity contribution >= 4 is 23.2 Å². The second kappa shape index (κ2) is 8.65. The molecule has 2 aliphatic rings. The van der Waals surface area contributed by atoms with Crippen LogP contribution in [0.1, 0.15) is 5.56 Å². The zero-order valence-electron chi connectivity index (χ0n) is 15.8. The molecule has 0 aliphatic carbocycles. The van der Waals surface area contributed by atoms with Gasteiger partial charge in [-0.3, -0.25) is 4.79 Å². The highest BCUT2D eigenvalue weighted by molar-refractivity contribution is 7.80. The van der Waals surface area contributed by atoms with Crippen LogP contribution in [0.15, 0.2) is 48.5 Å². The molecule has 6 nitrogen and oxygen atoms in total. The molecule has 1 atom stereocenters. The largest absolute Gasteiger partial charge is 0.485 e. The van der Waals surface area contributed by atoms with Gasteiger partial charge in [0.1, 0.15) is 12.4 Å². The molecule has 0 aromatic heterocycles. The van der Waals surface area contributed by atoms with Crippen LogP contribution in [0, 0.1) is 5.82 Å². The second-order valence-electron chi connectivity index (χ2n) is 6.96. The highest BCUT2D eigenvalue weighted by atomic mass is 32.1. The summed E-state index contributed by atoms with van der Waals surface area (Å²) in [6.45, 7) is 3.17. The maximum atomic E-state index is 13.0. The van der Waals surface area contributed by atoms with Crippen molar-refractivity contribution in [1.82, 2.24) is 15.1 Å². The number of ether oxygens (including phenoxy) is 2. The molecule has 0 saturated carbocycles. The minimum atomic E-state index is -0.625. The van der Waals surface area contributed by atoms with E-state index in [9.17, 15) is 9.18 Å². The Balaban J connectivity index is 1.25. The fourth-order valence-corrected chi connectivity index (χ4v) is 3.62. The molecule has 1 amide bonds. The molecule has 0 radical (unpaired) electrons. The summed E-state index contributed by atoms with van der Waals surface area (Å²) >= 11 is 5.46. The fourth-order valence-electron chi connectivity index (χ4n) is 3.37. The van der Waals surface area contributed by atoms with Crippen molar-refractivity contribution in [1.29, 1.82) is 0 Å². The Bertz CT molecular complexity index is 885. The van der Waals surface area contributed by atoms with Gasteiger partial charge >= 0.3 is 0 Å². The minimum Gasteiger partial charge on any atom is -0.485 e. The van der Waals surface area contributed by atoms with E-state index in [2.05, 4.69) is 5.32 Å². The predicted octanol–water partition coefficient (Wildman–Crippen LogP) is 2.18. The summed E-state index contributed by atoms with van der Waals surface area (Å²) in [6, 6.07) is 13.7. The number of carbonyl (C=O) groups is 1. The lowest BCUT2D eigenvalue weighted by Gasteiger charge is -2.38. The number of hydrogen-bond acceptors (Lipinski definition) is 4. The van der Waals surface area contributed by atoms with Crippen LogP contribution < -0.4 is 14.8 Å². The van der Waals surface area contributed by atoms with Gasteiger partial charge in [-0.1, -0.05) is 24.3 Å². The molecule has 2 heterocycles. The number of piperazine rings is 1. The van der Waals surface area contributed by atoms with Crippen molar-refractivity contribution in [3.63, 3.8) is 0 Å². The summed E-state index contributed by atoms with van der Waals surface area (Å²) in [7, 11) is 0. The van der Waals surface area contributed by atoms with Crippen LogP contribution in [0.4, 0.5) is 4.39 Å². The molecule has 4 rings (SSSR count). The zero-order valence-corrected chi connectivity index (χ0v) is 16.7. The Labute approximate surface area is 174 Å². The lowest BCUT2D eigenvalue weighted by Crippen LogP contribution is -2.56. The second-order valence-corrected chi connectivity index (χ2v) is 7.35. The molecule has 1 N–H and O–H groups in total. The van der Waals surface area contributed by atoms with Crippen molar-refractivity contribution < 1.29 is 18.7 Å². The van der Waals surface area contributed by atoms with Crippen LogP contribution in [-0.2, 0) is 11.3 Å². The average Bonchev–Trinajstić information content (AvgIpc) is 2.78. The van der Waals surface area contributed by atoms with Gasteiger partial charge in [-0.2, -0.15) is 0 Å². The first-order valence-electron chi connectivity index (χ1n) is 9.54. The van der Waals surface area contributed by atoms with E-state index in [1.165, 1.54) is 12.1 Å². The van der Waals surface area contributed by atoms with Crippen molar-refractivity contribution in [2.75, 3.05) is 32.8 Å². The molecule has 152 valence electrons. The first-order chi connectivity index (χ1) is 14.1. The van der Waals surface area contributed by atoms with E-state index in [-0.39, 0.29) is 18.3 Å². The fraction of sp³-hybridized carbons (Fsp3) is 0.333. The van der Waals surface area contributed by atoms with E-state index in [0.717, 1.165) is 5.56 Å². The van der Waals surface area contributed by atoms with E-state index >= 15 is 0 Å². The van der Waals surface area contributed by atoms with Gasteiger partial charge in [-0.05, 0) is 42.0 Å². The van der Waals surface area contributed by atoms with Crippen molar-refractivity contribution in [3.8, 4) is 11.5 Å². The van der Waals surface area contributed by atoms with Crippen LogP contribution in [0.3, 0.4) is 0 Å². The topological polar surface area (TPSA) is 54.0 Å². The molecule has 0 bridgehead atoms. The summed E-state index contributed by atoms with van der Waals surface area (Å²) in [5.41, 5.74) is 0.956. The maximum Gasteiger partial charge on any atom is 0.267 e. The van der Waals surface area contributed by atoms with E-state index in [4.69, 9.17) is 21.7 Å². The van der Waals surface area contributed by atoms with Gasteiger partial charge < -0.3 is 24.6 Å². The number of rotatable bonds is 3. The summed E-state index contributed by atoms with van der Waals surface area (Å²) in [5, 5.41) is 3.83. The summed E-state index contributed by atoms with van der Waals surface area (Å²) < 4.78 is 24.5. The Morgan fingerprint density at radius 1 is 1.03 bits per heavy atom. The SMILES string of the molecule is O=C([C@@H]1COc2ccccc2O1)N1CCN(C(=S)NCc2ccc(F)cc2)CC1. The molecule has 8 heteroatoms. The standard InChI is InChI=1S/C21H22FN3O3S/c22-16-7-5-15(6-8-16)13-23-21(29)25-11-9-24(10-12-25)20(26)19-14-27-17-3-1-2-4-18(17)28-19/h1-8,19H,9-14H2,(H,23,29)/t19-/m0/s1. The monoisotopic (exact) mass is 415 g/mol.